The van der Waals surface area contributed by atoms with E-state index in [1.807, 2.05) is 30.3 Å². The quantitative estimate of drug-likeness (QED) is 0.513. The number of benzene rings is 1. The lowest BCUT2D eigenvalue weighted by Gasteiger charge is -2.03. The summed E-state index contributed by atoms with van der Waals surface area (Å²) in [5, 5.41) is 4.89. The summed E-state index contributed by atoms with van der Waals surface area (Å²) in [5.41, 5.74) is 1.89. The Labute approximate surface area is 139 Å². The van der Waals surface area contributed by atoms with Gasteiger partial charge in [-0.3, -0.25) is 4.79 Å². The van der Waals surface area contributed by atoms with Crippen molar-refractivity contribution in [3.05, 3.63) is 41.0 Å². The van der Waals surface area contributed by atoms with Gasteiger partial charge in [0.15, 0.2) is 0 Å². The Kier molecular flexibility index (Phi) is 4.39. The molecule has 0 N–H and O–H groups in total. The SMILES string of the molecule is COC(=O)CSc1nc2nccc(-c3ccc(Br)cc3)n2n1. The fraction of sp³-hybridized carbons (Fsp3) is 0.143. The van der Waals surface area contributed by atoms with E-state index in [9.17, 15) is 4.79 Å². The van der Waals surface area contributed by atoms with E-state index >= 15 is 0 Å². The summed E-state index contributed by atoms with van der Waals surface area (Å²) in [5.74, 6) is 0.346. The molecule has 0 aliphatic rings. The highest BCUT2D eigenvalue weighted by Crippen LogP contribution is 2.23. The van der Waals surface area contributed by atoms with Crippen LogP contribution in [0.4, 0.5) is 0 Å². The Hall–Kier alpha value is -1.93. The van der Waals surface area contributed by atoms with Gasteiger partial charge in [0.05, 0.1) is 18.6 Å². The third-order valence-electron chi connectivity index (χ3n) is 2.91. The minimum atomic E-state index is -0.315. The molecule has 3 rings (SSSR count). The van der Waals surface area contributed by atoms with Crippen molar-refractivity contribution in [1.82, 2.24) is 19.6 Å². The van der Waals surface area contributed by atoms with E-state index < -0.39 is 0 Å². The van der Waals surface area contributed by atoms with E-state index in [1.54, 1.807) is 10.7 Å². The molecule has 0 spiro atoms. The van der Waals surface area contributed by atoms with Crippen molar-refractivity contribution in [3.8, 4) is 11.3 Å². The molecule has 0 aliphatic heterocycles. The molecular formula is C14H11BrN4O2S. The van der Waals surface area contributed by atoms with E-state index in [-0.39, 0.29) is 11.7 Å². The highest BCUT2D eigenvalue weighted by molar-refractivity contribution is 9.10. The molecule has 3 aromatic rings. The number of thioether (sulfide) groups is 1. The average molecular weight is 379 g/mol. The molecule has 112 valence electrons. The summed E-state index contributed by atoms with van der Waals surface area (Å²) < 4.78 is 7.29. The lowest BCUT2D eigenvalue weighted by molar-refractivity contribution is -0.137. The number of carbonyl (C=O) groups is 1. The summed E-state index contributed by atoms with van der Waals surface area (Å²) >= 11 is 4.64. The van der Waals surface area contributed by atoms with Crippen LogP contribution in [0, 0.1) is 0 Å². The lowest BCUT2D eigenvalue weighted by Crippen LogP contribution is -2.03. The van der Waals surface area contributed by atoms with Crippen molar-refractivity contribution in [2.75, 3.05) is 12.9 Å². The van der Waals surface area contributed by atoms with Crippen LogP contribution in [0.2, 0.25) is 0 Å². The number of fused-ring (bicyclic) bond motifs is 1. The molecule has 22 heavy (non-hydrogen) atoms. The zero-order chi connectivity index (χ0) is 15.5. The Morgan fingerprint density at radius 2 is 2.09 bits per heavy atom. The number of carbonyl (C=O) groups excluding carboxylic acids is 1. The number of esters is 1. The Bertz CT molecular complexity index is 819. The molecule has 2 aromatic heterocycles. The summed E-state index contributed by atoms with van der Waals surface area (Å²) in [4.78, 5) is 19.7. The smallest absolute Gasteiger partial charge is 0.316 e. The Morgan fingerprint density at radius 1 is 1.32 bits per heavy atom. The first-order valence-electron chi connectivity index (χ1n) is 6.35. The number of rotatable bonds is 4. The maximum Gasteiger partial charge on any atom is 0.316 e. The van der Waals surface area contributed by atoms with Gasteiger partial charge >= 0.3 is 5.97 Å². The van der Waals surface area contributed by atoms with Crippen molar-refractivity contribution in [2.24, 2.45) is 0 Å². The zero-order valence-corrected chi connectivity index (χ0v) is 14.0. The molecule has 0 radical (unpaired) electrons. The predicted octanol–water partition coefficient (Wildman–Crippen LogP) is 2.82. The highest BCUT2D eigenvalue weighted by atomic mass is 79.9. The second-order valence-corrected chi connectivity index (χ2v) is 6.17. The second-order valence-electron chi connectivity index (χ2n) is 4.31. The van der Waals surface area contributed by atoms with Gasteiger partial charge in [-0.25, -0.2) is 4.98 Å². The average Bonchev–Trinajstić information content (AvgIpc) is 2.96. The lowest BCUT2D eigenvalue weighted by atomic mass is 10.1. The molecule has 0 aliphatic carbocycles. The van der Waals surface area contributed by atoms with Crippen molar-refractivity contribution in [1.29, 1.82) is 0 Å². The first-order chi connectivity index (χ1) is 10.7. The standard InChI is InChI=1S/C14H11BrN4O2S/c1-21-12(20)8-22-14-17-13-16-7-6-11(19(13)18-14)9-2-4-10(15)5-3-9/h2-7H,8H2,1H3. The van der Waals surface area contributed by atoms with Gasteiger partial charge in [-0.15, -0.1) is 5.10 Å². The maximum absolute atomic E-state index is 11.2. The number of hydrogen-bond donors (Lipinski definition) is 0. The fourth-order valence-corrected chi connectivity index (χ4v) is 2.77. The number of ether oxygens (including phenoxy) is 1. The minimum absolute atomic E-state index is 0.168. The molecular weight excluding hydrogens is 368 g/mol. The minimum Gasteiger partial charge on any atom is -0.468 e. The monoisotopic (exact) mass is 378 g/mol. The molecule has 0 bridgehead atoms. The van der Waals surface area contributed by atoms with Crippen molar-refractivity contribution in [2.45, 2.75) is 5.16 Å². The number of methoxy groups -OCH3 is 1. The summed E-state index contributed by atoms with van der Waals surface area (Å²) in [6.07, 6.45) is 1.69. The summed E-state index contributed by atoms with van der Waals surface area (Å²) in [7, 11) is 1.35. The van der Waals surface area contributed by atoms with E-state index in [2.05, 4.69) is 35.7 Å². The van der Waals surface area contributed by atoms with Crippen molar-refractivity contribution < 1.29 is 9.53 Å². The Balaban J connectivity index is 1.96. The normalized spacial score (nSPS) is 10.8. The predicted molar refractivity (Wildman–Crippen MR) is 86.7 cm³/mol. The van der Waals surface area contributed by atoms with Gasteiger partial charge in [0.1, 0.15) is 0 Å². The van der Waals surface area contributed by atoms with Crippen molar-refractivity contribution >= 4 is 39.4 Å². The van der Waals surface area contributed by atoms with Gasteiger partial charge < -0.3 is 4.74 Å². The largest absolute Gasteiger partial charge is 0.468 e. The number of halogens is 1. The van der Waals surface area contributed by atoms with Gasteiger partial charge in [0.2, 0.25) is 5.16 Å². The van der Waals surface area contributed by atoms with Gasteiger partial charge in [0.25, 0.3) is 5.78 Å². The third kappa shape index (κ3) is 3.12. The van der Waals surface area contributed by atoms with Gasteiger partial charge in [-0.05, 0) is 18.2 Å². The van der Waals surface area contributed by atoms with Crippen LogP contribution < -0.4 is 0 Å². The van der Waals surface area contributed by atoms with Crippen LogP contribution in [0.25, 0.3) is 17.0 Å². The Morgan fingerprint density at radius 3 is 2.82 bits per heavy atom. The van der Waals surface area contributed by atoms with Crippen LogP contribution in [0.3, 0.4) is 0 Å². The van der Waals surface area contributed by atoms with Gasteiger partial charge in [-0.1, -0.05) is 39.8 Å². The topological polar surface area (TPSA) is 69.4 Å². The van der Waals surface area contributed by atoms with E-state index in [0.29, 0.717) is 10.9 Å². The first kappa shape index (κ1) is 15.0. The molecule has 0 saturated carbocycles. The van der Waals surface area contributed by atoms with Crippen LogP contribution in [-0.4, -0.2) is 38.4 Å². The fourth-order valence-electron chi connectivity index (χ4n) is 1.86. The van der Waals surface area contributed by atoms with Crippen LogP contribution in [0.5, 0.6) is 0 Å². The van der Waals surface area contributed by atoms with Crippen LogP contribution in [-0.2, 0) is 9.53 Å². The first-order valence-corrected chi connectivity index (χ1v) is 8.12. The molecule has 0 saturated heterocycles. The molecule has 2 heterocycles. The van der Waals surface area contributed by atoms with Crippen LogP contribution in [0.15, 0.2) is 46.2 Å². The van der Waals surface area contributed by atoms with Crippen LogP contribution >= 0.6 is 27.7 Å². The summed E-state index contributed by atoms with van der Waals surface area (Å²) in [6, 6.07) is 9.78. The zero-order valence-electron chi connectivity index (χ0n) is 11.6. The van der Waals surface area contributed by atoms with Gasteiger partial charge in [0, 0.05) is 16.2 Å². The summed E-state index contributed by atoms with van der Waals surface area (Å²) in [6.45, 7) is 0. The molecule has 0 fully saturated rings. The number of nitrogens with zero attached hydrogens (tertiary/aromatic N) is 4. The van der Waals surface area contributed by atoms with E-state index in [0.717, 1.165) is 15.7 Å². The molecule has 0 atom stereocenters. The number of aromatic nitrogens is 4. The highest BCUT2D eigenvalue weighted by Gasteiger charge is 2.12. The van der Waals surface area contributed by atoms with Gasteiger partial charge in [-0.2, -0.15) is 9.50 Å². The molecule has 1 aromatic carbocycles. The van der Waals surface area contributed by atoms with Crippen LogP contribution in [0.1, 0.15) is 0 Å². The maximum atomic E-state index is 11.2. The number of hydrogen-bond acceptors (Lipinski definition) is 6. The molecule has 0 amide bonds. The molecule has 0 unspecified atom stereocenters. The van der Waals surface area contributed by atoms with E-state index in [4.69, 9.17) is 0 Å². The second kappa shape index (κ2) is 6.45. The molecule has 8 heteroatoms. The third-order valence-corrected chi connectivity index (χ3v) is 4.25. The van der Waals surface area contributed by atoms with Crippen molar-refractivity contribution in [3.63, 3.8) is 0 Å². The van der Waals surface area contributed by atoms with E-state index in [1.165, 1.54) is 18.9 Å². The molecule has 6 nitrogen and oxygen atoms in total.